The number of ether oxygens (including phenoxy) is 1. The molecule has 0 spiro atoms. The monoisotopic (exact) mass is 302 g/mol. The molecule has 2 aliphatic heterocycles. The second kappa shape index (κ2) is 6.35. The molecule has 21 heavy (non-hydrogen) atoms. The van der Waals surface area contributed by atoms with Crippen molar-refractivity contribution in [1.29, 1.82) is 0 Å². The van der Waals surface area contributed by atoms with Gasteiger partial charge in [-0.1, -0.05) is 12.1 Å². The number of carbonyl (C=O) groups excluding carboxylic acids is 1. The summed E-state index contributed by atoms with van der Waals surface area (Å²) in [5.41, 5.74) is 0.988. The molecule has 0 aromatic heterocycles. The van der Waals surface area contributed by atoms with Crippen LogP contribution in [-0.4, -0.2) is 36.2 Å². The summed E-state index contributed by atoms with van der Waals surface area (Å²) in [6, 6.07) is 7.67. The first-order chi connectivity index (χ1) is 10.3. The van der Waals surface area contributed by atoms with Crippen molar-refractivity contribution in [2.24, 2.45) is 4.99 Å². The molecule has 5 heteroatoms. The molecule has 2 heterocycles. The van der Waals surface area contributed by atoms with Gasteiger partial charge in [-0.25, -0.2) is 0 Å². The van der Waals surface area contributed by atoms with Crippen LogP contribution in [0.25, 0.3) is 6.08 Å². The van der Waals surface area contributed by atoms with Crippen LogP contribution in [0.2, 0.25) is 0 Å². The molecule has 4 nitrogen and oxygen atoms in total. The summed E-state index contributed by atoms with van der Waals surface area (Å²) in [5, 5.41) is 0.861. The van der Waals surface area contributed by atoms with Gasteiger partial charge in [0.05, 0.1) is 12.0 Å². The number of rotatable bonds is 2. The molecule has 0 radical (unpaired) electrons. The van der Waals surface area contributed by atoms with Gasteiger partial charge in [-0.15, -0.1) is 0 Å². The Kier molecular flexibility index (Phi) is 4.29. The molecule has 3 rings (SSSR count). The van der Waals surface area contributed by atoms with Crippen molar-refractivity contribution >= 4 is 28.9 Å². The van der Waals surface area contributed by atoms with Gasteiger partial charge in [0.15, 0.2) is 5.17 Å². The topological polar surface area (TPSA) is 41.9 Å². The molecule has 110 valence electrons. The molecule has 2 aliphatic rings. The van der Waals surface area contributed by atoms with Crippen molar-refractivity contribution in [1.82, 2.24) is 4.90 Å². The van der Waals surface area contributed by atoms with Crippen LogP contribution in [0.3, 0.4) is 0 Å². The van der Waals surface area contributed by atoms with Gasteiger partial charge in [0.2, 0.25) is 0 Å². The average molecular weight is 302 g/mol. The number of hydrogen-bond donors (Lipinski definition) is 0. The number of hydrogen-bond acceptors (Lipinski definition) is 4. The zero-order valence-corrected chi connectivity index (χ0v) is 12.9. The smallest absolute Gasteiger partial charge is 0.286 e. The van der Waals surface area contributed by atoms with Gasteiger partial charge >= 0.3 is 0 Å². The minimum atomic E-state index is -0.128. The Balaban J connectivity index is 1.72. The minimum Gasteiger partial charge on any atom is -0.497 e. The van der Waals surface area contributed by atoms with Crippen molar-refractivity contribution in [3.05, 3.63) is 34.7 Å². The van der Waals surface area contributed by atoms with Crippen LogP contribution in [-0.2, 0) is 4.79 Å². The zero-order chi connectivity index (χ0) is 14.7. The number of nitrogens with zero attached hydrogens (tertiary/aromatic N) is 2. The number of amides is 1. The average Bonchev–Trinajstić information content (AvgIpc) is 2.90. The molecule has 0 N–H and O–H groups in total. The Morgan fingerprint density at radius 3 is 2.57 bits per heavy atom. The number of thioether (sulfide) groups is 1. The molecule has 0 bridgehead atoms. The second-order valence-electron chi connectivity index (χ2n) is 5.13. The van der Waals surface area contributed by atoms with Crippen molar-refractivity contribution in [3.63, 3.8) is 0 Å². The van der Waals surface area contributed by atoms with Crippen molar-refractivity contribution in [2.45, 2.75) is 19.3 Å². The van der Waals surface area contributed by atoms with Gasteiger partial charge in [-0.3, -0.25) is 4.79 Å². The Labute approximate surface area is 128 Å². The lowest BCUT2D eigenvalue weighted by Gasteiger charge is -2.27. The van der Waals surface area contributed by atoms with E-state index in [1.54, 1.807) is 7.11 Å². The van der Waals surface area contributed by atoms with Crippen LogP contribution in [0.4, 0.5) is 0 Å². The molecular weight excluding hydrogens is 284 g/mol. The highest BCUT2D eigenvalue weighted by atomic mass is 32.2. The maximum Gasteiger partial charge on any atom is 0.286 e. The quantitative estimate of drug-likeness (QED) is 0.787. The molecule has 0 unspecified atom stereocenters. The molecule has 0 saturated carbocycles. The summed E-state index contributed by atoms with van der Waals surface area (Å²) in [5.74, 6) is 0.684. The largest absolute Gasteiger partial charge is 0.497 e. The van der Waals surface area contributed by atoms with Gasteiger partial charge in [0, 0.05) is 13.1 Å². The first-order valence-corrected chi connectivity index (χ1v) is 7.99. The van der Waals surface area contributed by atoms with E-state index in [1.807, 2.05) is 30.3 Å². The fraction of sp³-hybridized carbons (Fsp3) is 0.375. The Morgan fingerprint density at radius 1 is 1.19 bits per heavy atom. The summed E-state index contributed by atoms with van der Waals surface area (Å²) < 4.78 is 5.13. The number of aliphatic imine (C=N–C) groups is 1. The van der Waals surface area contributed by atoms with Crippen molar-refractivity contribution < 1.29 is 9.53 Å². The summed E-state index contributed by atoms with van der Waals surface area (Å²) in [6.45, 7) is 2.02. The fourth-order valence-electron chi connectivity index (χ4n) is 2.47. The van der Waals surface area contributed by atoms with Crippen LogP contribution in [0, 0.1) is 0 Å². The second-order valence-corrected chi connectivity index (χ2v) is 6.14. The van der Waals surface area contributed by atoms with Gasteiger partial charge in [-0.05, 0) is 54.8 Å². The summed E-state index contributed by atoms with van der Waals surface area (Å²) >= 11 is 1.49. The maximum absolute atomic E-state index is 12.0. The Morgan fingerprint density at radius 2 is 1.90 bits per heavy atom. The predicted molar refractivity (Wildman–Crippen MR) is 86.4 cm³/mol. The number of methoxy groups -OCH3 is 1. The number of piperidine rings is 1. The predicted octanol–water partition coefficient (Wildman–Crippen LogP) is 3.15. The minimum absolute atomic E-state index is 0.128. The lowest BCUT2D eigenvalue weighted by atomic mass is 10.1. The third-order valence-electron chi connectivity index (χ3n) is 3.65. The third kappa shape index (κ3) is 3.29. The van der Waals surface area contributed by atoms with Gasteiger partial charge in [0.1, 0.15) is 5.75 Å². The molecule has 0 atom stereocenters. The van der Waals surface area contributed by atoms with E-state index < -0.39 is 0 Å². The van der Waals surface area contributed by atoms with E-state index in [0.29, 0.717) is 4.91 Å². The number of carbonyl (C=O) groups is 1. The molecule has 1 aromatic carbocycles. The molecule has 1 aromatic rings. The highest BCUT2D eigenvalue weighted by molar-refractivity contribution is 8.18. The highest BCUT2D eigenvalue weighted by Crippen LogP contribution is 2.31. The fourth-order valence-corrected chi connectivity index (χ4v) is 3.43. The summed E-state index contributed by atoms with van der Waals surface area (Å²) in [4.78, 5) is 19.1. The van der Waals surface area contributed by atoms with Gasteiger partial charge < -0.3 is 9.64 Å². The first kappa shape index (κ1) is 14.2. The molecular formula is C16H18N2O2S. The van der Waals surface area contributed by atoms with Crippen LogP contribution in [0.15, 0.2) is 34.2 Å². The van der Waals surface area contributed by atoms with E-state index in [9.17, 15) is 4.79 Å². The Hall–Kier alpha value is -1.75. The number of amidine groups is 1. The maximum atomic E-state index is 12.0. The third-order valence-corrected chi connectivity index (χ3v) is 4.69. The summed E-state index contributed by atoms with van der Waals surface area (Å²) in [7, 11) is 1.64. The van der Waals surface area contributed by atoms with Crippen LogP contribution in [0.1, 0.15) is 24.8 Å². The first-order valence-electron chi connectivity index (χ1n) is 7.18. The van der Waals surface area contributed by atoms with Gasteiger partial charge in [0.25, 0.3) is 5.91 Å². The van der Waals surface area contributed by atoms with Crippen LogP contribution < -0.4 is 4.74 Å². The molecule has 1 amide bonds. The van der Waals surface area contributed by atoms with Crippen molar-refractivity contribution in [2.75, 3.05) is 20.2 Å². The van der Waals surface area contributed by atoms with Gasteiger partial charge in [-0.2, -0.15) is 4.99 Å². The van der Waals surface area contributed by atoms with Crippen LogP contribution >= 0.6 is 11.8 Å². The summed E-state index contributed by atoms with van der Waals surface area (Å²) in [6.07, 6.45) is 5.54. The molecule has 0 aliphatic carbocycles. The van der Waals surface area contributed by atoms with E-state index in [-0.39, 0.29) is 5.91 Å². The SMILES string of the molecule is COc1ccc(/C=C2/SC(N3CCCCC3)=NC2=O)cc1. The molecule has 1 saturated heterocycles. The van der Waals surface area contributed by atoms with Crippen LogP contribution in [0.5, 0.6) is 5.75 Å². The lowest BCUT2D eigenvalue weighted by molar-refractivity contribution is -0.113. The van der Waals surface area contributed by atoms with E-state index in [0.717, 1.165) is 29.6 Å². The van der Waals surface area contributed by atoms with E-state index >= 15 is 0 Å². The number of benzene rings is 1. The van der Waals surface area contributed by atoms with Crippen molar-refractivity contribution in [3.8, 4) is 5.75 Å². The van der Waals surface area contributed by atoms with E-state index in [1.165, 1.54) is 31.0 Å². The van der Waals surface area contributed by atoms with E-state index in [4.69, 9.17) is 4.74 Å². The Bertz CT molecular complexity index is 587. The highest BCUT2D eigenvalue weighted by Gasteiger charge is 2.26. The zero-order valence-electron chi connectivity index (χ0n) is 12.0. The van der Waals surface area contributed by atoms with E-state index in [2.05, 4.69) is 9.89 Å². The standard InChI is InChI=1S/C16H18N2O2S/c1-20-13-7-5-12(6-8-13)11-14-15(19)17-16(21-14)18-9-3-2-4-10-18/h5-8,11H,2-4,9-10H2,1H3/b14-11+. The normalized spacial score (nSPS) is 20.8. The molecule has 1 fully saturated rings. The number of likely N-dealkylation sites (tertiary alicyclic amines) is 1. The lowest BCUT2D eigenvalue weighted by Crippen LogP contribution is -2.33.